The number of hydrogen-bond acceptors (Lipinski definition) is 2. The van der Waals surface area contributed by atoms with Gasteiger partial charge in [-0.1, -0.05) is 32.8 Å². The van der Waals surface area contributed by atoms with Crippen molar-refractivity contribution in [1.29, 1.82) is 0 Å². The highest BCUT2D eigenvalue weighted by Crippen LogP contribution is 2.17. The molecule has 0 atom stereocenters. The lowest BCUT2D eigenvalue weighted by Crippen LogP contribution is -2.19. The van der Waals surface area contributed by atoms with Gasteiger partial charge in [-0.3, -0.25) is 4.79 Å². The first kappa shape index (κ1) is 19.1. The van der Waals surface area contributed by atoms with E-state index in [-0.39, 0.29) is 30.4 Å². The second kappa shape index (κ2) is 9.03. The minimum Gasteiger partial charge on any atom is -0.366 e. The van der Waals surface area contributed by atoms with E-state index in [1.165, 1.54) is 0 Å². The van der Waals surface area contributed by atoms with Gasteiger partial charge < -0.3 is 11.9 Å². The molecule has 0 fully saturated rings. The van der Waals surface area contributed by atoms with Crippen molar-refractivity contribution in [2.45, 2.75) is 40.5 Å². The minimum atomic E-state index is -0.268. The quantitative estimate of drug-likeness (QED) is 0.718. The molecule has 86 valence electrons. The molecule has 0 rings (SSSR count). The molecule has 4 heteroatoms. The van der Waals surface area contributed by atoms with Gasteiger partial charge >= 0.3 is 0 Å². The van der Waals surface area contributed by atoms with Crippen LogP contribution in [0.5, 0.6) is 0 Å². The normalized spacial score (nSPS) is 11.2. The lowest BCUT2D eigenvalue weighted by Gasteiger charge is -2.11. The van der Waals surface area contributed by atoms with Crippen LogP contribution in [-0.4, -0.2) is 5.91 Å². The molecule has 0 aromatic rings. The molecule has 0 aliphatic heterocycles. The predicted molar refractivity (Wildman–Crippen MR) is 63.9 cm³/mol. The minimum absolute atomic E-state index is 0. The standard InChI is InChI=1S/C10H19NO.ClH.H3N/c1-5-6-8(4)9(7(2)3)10(11)12;;/h7H,5-6H2,1-4H3,(H2,11,12);1H;1H3. The maximum atomic E-state index is 11.0. The smallest absolute Gasteiger partial charge is 0.244 e. The number of amides is 1. The van der Waals surface area contributed by atoms with E-state index in [4.69, 9.17) is 5.73 Å². The van der Waals surface area contributed by atoms with Crippen LogP contribution >= 0.6 is 12.4 Å². The summed E-state index contributed by atoms with van der Waals surface area (Å²) in [4.78, 5) is 11.0. The molecule has 0 heterocycles. The molecule has 3 nitrogen and oxygen atoms in total. The highest BCUT2D eigenvalue weighted by Gasteiger charge is 2.12. The van der Waals surface area contributed by atoms with Gasteiger partial charge in [0.25, 0.3) is 0 Å². The zero-order chi connectivity index (χ0) is 9.72. The fourth-order valence-corrected chi connectivity index (χ4v) is 1.50. The first-order valence-corrected chi connectivity index (χ1v) is 4.50. The van der Waals surface area contributed by atoms with Crippen LogP contribution in [0.1, 0.15) is 40.5 Å². The first-order chi connectivity index (χ1) is 5.50. The molecule has 0 spiro atoms. The predicted octanol–water partition coefficient (Wildman–Crippen LogP) is 2.83. The lowest BCUT2D eigenvalue weighted by atomic mass is 9.95. The molecule has 0 aliphatic rings. The van der Waals surface area contributed by atoms with Gasteiger partial charge in [-0.25, -0.2) is 0 Å². The van der Waals surface area contributed by atoms with E-state index in [9.17, 15) is 4.79 Å². The Bertz CT molecular complexity index is 200. The lowest BCUT2D eigenvalue weighted by molar-refractivity contribution is -0.115. The molecule has 0 bridgehead atoms. The van der Waals surface area contributed by atoms with Crippen molar-refractivity contribution in [3.8, 4) is 0 Å². The molecule has 0 aliphatic carbocycles. The van der Waals surface area contributed by atoms with Gasteiger partial charge in [-0.2, -0.15) is 0 Å². The second-order valence-corrected chi connectivity index (χ2v) is 3.46. The third-order valence-electron chi connectivity index (χ3n) is 1.93. The monoisotopic (exact) mass is 222 g/mol. The van der Waals surface area contributed by atoms with E-state index in [0.29, 0.717) is 0 Å². The van der Waals surface area contributed by atoms with Crippen LogP contribution in [0.4, 0.5) is 0 Å². The fraction of sp³-hybridized carbons (Fsp3) is 0.700. The summed E-state index contributed by atoms with van der Waals surface area (Å²) in [6.07, 6.45) is 2.03. The Kier molecular flexibility index (Phi) is 12.3. The molecule has 0 aromatic heterocycles. The Morgan fingerprint density at radius 3 is 2.00 bits per heavy atom. The van der Waals surface area contributed by atoms with E-state index in [2.05, 4.69) is 6.92 Å². The van der Waals surface area contributed by atoms with Gasteiger partial charge in [0.05, 0.1) is 0 Å². The zero-order valence-corrected chi connectivity index (χ0v) is 10.4. The number of allylic oxidation sites excluding steroid dienone is 1. The largest absolute Gasteiger partial charge is 0.366 e. The number of carbonyl (C=O) groups excluding carboxylic acids is 1. The van der Waals surface area contributed by atoms with Crippen molar-refractivity contribution >= 4 is 18.3 Å². The Hall–Kier alpha value is -0.540. The fourth-order valence-electron chi connectivity index (χ4n) is 1.50. The van der Waals surface area contributed by atoms with Crippen molar-refractivity contribution in [3.05, 3.63) is 11.1 Å². The van der Waals surface area contributed by atoms with Crippen LogP contribution in [0.15, 0.2) is 11.1 Å². The number of primary amides is 1. The van der Waals surface area contributed by atoms with Crippen LogP contribution in [-0.2, 0) is 4.79 Å². The average molecular weight is 223 g/mol. The SMILES string of the molecule is CCCC(C)=C(C(N)=O)C(C)C.Cl.N. The molecule has 1 amide bonds. The number of halogens is 1. The summed E-state index contributed by atoms with van der Waals surface area (Å²) in [5.41, 5.74) is 7.21. The van der Waals surface area contributed by atoms with E-state index in [1.54, 1.807) is 0 Å². The number of carbonyl (C=O) groups is 1. The summed E-state index contributed by atoms with van der Waals surface area (Å²) in [5.74, 6) is -0.0231. The maximum Gasteiger partial charge on any atom is 0.244 e. The molecule has 14 heavy (non-hydrogen) atoms. The van der Waals surface area contributed by atoms with Crippen LogP contribution in [0.25, 0.3) is 0 Å². The topological polar surface area (TPSA) is 78.1 Å². The highest BCUT2D eigenvalue weighted by atomic mass is 35.5. The average Bonchev–Trinajstić information content (AvgIpc) is 1.85. The Morgan fingerprint density at radius 1 is 1.36 bits per heavy atom. The summed E-state index contributed by atoms with van der Waals surface area (Å²) < 4.78 is 0. The van der Waals surface area contributed by atoms with E-state index in [1.807, 2.05) is 20.8 Å². The van der Waals surface area contributed by atoms with E-state index >= 15 is 0 Å². The summed E-state index contributed by atoms with van der Waals surface area (Å²) in [7, 11) is 0. The summed E-state index contributed by atoms with van der Waals surface area (Å²) in [5, 5.41) is 0. The van der Waals surface area contributed by atoms with Crippen molar-refractivity contribution in [2.24, 2.45) is 11.7 Å². The number of nitrogens with two attached hydrogens (primary N) is 1. The van der Waals surface area contributed by atoms with Crippen molar-refractivity contribution in [1.82, 2.24) is 6.15 Å². The zero-order valence-electron chi connectivity index (χ0n) is 9.59. The van der Waals surface area contributed by atoms with Gasteiger partial charge in [-0.15, -0.1) is 12.4 Å². The summed E-state index contributed by atoms with van der Waals surface area (Å²) >= 11 is 0. The molecule has 0 saturated carbocycles. The molecular weight excluding hydrogens is 200 g/mol. The van der Waals surface area contributed by atoms with Crippen LogP contribution < -0.4 is 11.9 Å². The van der Waals surface area contributed by atoms with Gasteiger partial charge in [-0.05, 0) is 19.3 Å². The highest BCUT2D eigenvalue weighted by molar-refractivity contribution is 5.93. The first-order valence-electron chi connectivity index (χ1n) is 4.50. The third kappa shape index (κ3) is 6.00. The molecule has 0 aromatic carbocycles. The van der Waals surface area contributed by atoms with Crippen LogP contribution in [0.3, 0.4) is 0 Å². The van der Waals surface area contributed by atoms with Gasteiger partial charge in [0, 0.05) is 5.57 Å². The van der Waals surface area contributed by atoms with Crippen molar-refractivity contribution in [3.63, 3.8) is 0 Å². The van der Waals surface area contributed by atoms with Crippen LogP contribution in [0.2, 0.25) is 0 Å². The van der Waals surface area contributed by atoms with E-state index in [0.717, 1.165) is 24.0 Å². The second-order valence-electron chi connectivity index (χ2n) is 3.46. The molecule has 0 saturated heterocycles. The summed E-state index contributed by atoms with van der Waals surface area (Å²) in [6.45, 7) is 8.09. The molecule has 0 unspecified atom stereocenters. The van der Waals surface area contributed by atoms with Gasteiger partial charge in [0.1, 0.15) is 0 Å². The Balaban J connectivity index is -0.000000605. The maximum absolute atomic E-state index is 11.0. The third-order valence-corrected chi connectivity index (χ3v) is 1.93. The van der Waals surface area contributed by atoms with Gasteiger partial charge in [0.15, 0.2) is 0 Å². The number of hydrogen-bond donors (Lipinski definition) is 2. The summed E-state index contributed by atoms with van der Waals surface area (Å²) in [6, 6.07) is 0. The van der Waals surface area contributed by atoms with E-state index < -0.39 is 0 Å². The number of rotatable bonds is 4. The Labute approximate surface area is 93.1 Å². The van der Waals surface area contributed by atoms with Gasteiger partial charge in [0.2, 0.25) is 5.91 Å². The Morgan fingerprint density at radius 2 is 1.79 bits per heavy atom. The van der Waals surface area contributed by atoms with Crippen molar-refractivity contribution < 1.29 is 4.79 Å². The van der Waals surface area contributed by atoms with Crippen LogP contribution in [0, 0.1) is 5.92 Å². The molecular formula is C10H23ClN2O. The van der Waals surface area contributed by atoms with Crippen molar-refractivity contribution in [2.75, 3.05) is 0 Å². The molecule has 5 N–H and O–H groups in total. The molecule has 0 radical (unpaired) electrons.